The van der Waals surface area contributed by atoms with Gasteiger partial charge in [-0.05, 0) is 19.1 Å². The van der Waals surface area contributed by atoms with Crippen molar-refractivity contribution in [2.45, 2.75) is 26.1 Å². The summed E-state index contributed by atoms with van der Waals surface area (Å²) >= 11 is 0. The van der Waals surface area contributed by atoms with Crippen LogP contribution >= 0.6 is 0 Å². The Kier molecular flexibility index (Phi) is 2.88. The molecule has 0 unspecified atom stereocenters. The molecular formula is C14H15N7O. The van der Waals surface area contributed by atoms with E-state index in [2.05, 4.69) is 20.5 Å². The molecule has 1 atom stereocenters. The van der Waals surface area contributed by atoms with Gasteiger partial charge in [-0.2, -0.15) is 0 Å². The Balaban J connectivity index is 1.60. The summed E-state index contributed by atoms with van der Waals surface area (Å²) in [6, 6.07) is 7.24. The number of benzene rings is 1. The molecule has 1 amide bonds. The van der Waals surface area contributed by atoms with Crippen molar-refractivity contribution in [2.24, 2.45) is 0 Å². The Morgan fingerprint density at radius 2 is 2.09 bits per heavy atom. The van der Waals surface area contributed by atoms with Crippen LogP contribution in [-0.2, 0) is 17.9 Å². The first-order valence-corrected chi connectivity index (χ1v) is 7.19. The molecule has 0 saturated heterocycles. The van der Waals surface area contributed by atoms with E-state index >= 15 is 0 Å². The number of hydrogen-bond acceptors (Lipinski definition) is 5. The minimum atomic E-state index is -0.401. The third-order valence-corrected chi connectivity index (χ3v) is 4.05. The smallest absolute Gasteiger partial charge is 0.247 e. The molecule has 3 heterocycles. The Morgan fingerprint density at radius 1 is 1.23 bits per heavy atom. The lowest BCUT2D eigenvalue weighted by Gasteiger charge is -2.29. The van der Waals surface area contributed by atoms with Gasteiger partial charge in [-0.15, -0.1) is 15.3 Å². The van der Waals surface area contributed by atoms with Crippen molar-refractivity contribution in [2.75, 3.05) is 6.54 Å². The van der Waals surface area contributed by atoms with Gasteiger partial charge in [0.2, 0.25) is 5.91 Å². The van der Waals surface area contributed by atoms with Crippen molar-refractivity contribution in [1.29, 1.82) is 0 Å². The molecule has 0 aliphatic carbocycles. The predicted molar refractivity (Wildman–Crippen MR) is 77.7 cm³/mol. The molecule has 0 saturated carbocycles. The minimum absolute atomic E-state index is 0.0184. The normalized spacial score (nSPS) is 15.8. The zero-order chi connectivity index (χ0) is 15.1. The lowest BCUT2D eigenvalue weighted by atomic mass is 10.2. The molecule has 8 nitrogen and oxygen atoms in total. The maximum atomic E-state index is 12.8. The van der Waals surface area contributed by atoms with Crippen molar-refractivity contribution in [3.63, 3.8) is 0 Å². The molecule has 1 aromatic carbocycles. The minimum Gasteiger partial charge on any atom is -0.332 e. The standard InChI is InChI=1S/C14H15N7O/c1-10(21-12-5-3-2-4-11(12)16-18-21)14(22)19-6-7-20-9-15-17-13(20)8-19/h2-5,9-10H,6-8H2,1H3/t10-/m1/s1. The molecular weight excluding hydrogens is 282 g/mol. The van der Waals surface area contributed by atoms with Crippen LogP contribution in [0.2, 0.25) is 0 Å². The van der Waals surface area contributed by atoms with Gasteiger partial charge in [0.1, 0.15) is 17.9 Å². The summed E-state index contributed by atoms with van der Waals surface area (Å²) in [4.78, 5) is 14.5. The maximum Gasteiger partial charge on any atom is 0.247 e. The van der Waals surface area contributed by atoms with Crippen molar-refractivity contribution < 1.29 is 4.79 Å². The van der Waals surface area contributed by atoms with Gasteiger partial charge in [-0.3, -0.25) is 4.79 Å². The SMILES string of the molecule is C[C@H](C(=O)N1CCn2cnnc2C1)n1nnc2ccccc21. The summed E-state index contributed by atoms with van der Waals surface area (Å²) in [5.41, 5.74) is 1.66. The first-order chi connectivity index (χ1) is 10.7. The van der Waals surface area contributed by atoms with Crippen molar-refractivity contribution >= 4 is 16.9 Å². The van der Waals surface area contributed by atoms with E-state index in [1.54, 1.807) is 15.9 Å². The number of amides is 1. The number of rotatable bonds is 2. The first kappa shape index (κ1) is 12.9. The quantitative estimate of drug-likeness (QED) is 0.693. The molecule has 2 aromatic heterocycles. The van der Waals surface area contributed by atoms with Gasteiger partial charge in [-0.25, -0.2) is 4.68 Å². The summed E-state index contributed by atoms with van der Waals surface area (Å²) in [5.74, 6) is 0.833. The van der Waals surface area contributed by atoms with E-state index in [9.17, 15) is 4.79 Å². The monoisotopic (exact) mass is 297 g/mol. The number of carbonyl (C=O) groups excluding carboxylic acids is 1. The average molecular weight is 297 g/mol. The second-order valence-electron chi connectivity index (χ2n) is 5.40. The maximum absolute atomic E-state index is 12.8. The topological polar surface area (TPSA) is 81.7 Å². The zero-order valence-electron chi connectivity index (χ0n) is 12.1. The highest BCUT2D eigenvalue weighted by atomic mass is 16.2. The summed E-state index contributed by atoms with van der Waals surface area (Å²) < 4.78 is 3.65. The number of hydrogen-bond donors (Lipinski definition) is 0. The van der Waals surface area contributed by atoms with Crippen LogP contribution < -0.4 is 0 Å². The second kappa shape index (κ2) is 4.90. The average Bonchev–Trinajstić information content (AvgIpc) is 3.19. The van der Waals surface area contributed by atoms with Crippen LogP contribution in [0.15, 0.2) is 30.6 Å². The molecule has 0 bridgehead atoms. The highest BCUT2D eigenvalue weighted by Crippen LogP contribution is 2.19. The number of para-hydroxylation sites is 1. The van der Waals surface area contributed by atoms with Crippen LogP contribution in [0, 0.1) is 0 Å². The van der Waals surface area contributed by atoms with Crippen LogP contribution in [0.25, 0.3) is 11.0 Å². The first-order valence-electron chi connectivity index (χ1n) is 7.19. The Labute approximate surface area is 126 Å². The lowest BCUT2D eigenvalue weighted by Crippen LogP contribution is -2.41. The van der Waals surface area contributed by atoms with E-state index in [-0.39, 0.29) is 5.91 Å². The van der Waals surface area contributed by atoms with E-state index < -0.39 is 6.04 Å². The molecule has 22 heavy (non-hydrogen) atoms. The summed E-state index contributed by atoms with van der Waals surface area (Å²) in [6.07, 6.45) is 1.70. The highest BCUT2D eigenvalue weighted by molar-refractivity contribution is 5.83. The summed E-state index contributed by atoms with van der Waals surface area (Å²) in [6.45, 7) is 3.71. The van der Waals surface area contributed by atoms with Gasteiger partial charge in [0.05, 0.1) is 12.1 Å². The van der Waals surface area contributed by atoms with Gasteiger partial charge in [-0.1, -0.05) is 17.3 Å². The van der Waals surface area contributed by atoms with Gasteiger partial charge in [0.25, 0.3) is 0 Å². The molecule has 0 spiro atoms. The van der Waals surface area contributed by atoms with Crippen molar-refractivity contribution in [3.8, 4) is 0 Å². The van der Waals surface area contributed by atoms with E-state index in [4.69, 9.17) is 0 Å². The van der Waals surface area contributed by atoms with Crippen LogP contribution in [0.3, 0.4) is 0 Å². The molecule has 1 aliphatic heterocycles. The Hall–Kier alpha value is -2.77. The molecule has 1 aliphatic rings. The van der Waals surface area contributed by atoms with E-state index in [0.717, 1.165) is 23.4 Å². The fourth-order valence-electron chi connectivity index (χ4n) is 2.80. The third kappa shape index (κ3) is 1.95. The van der Waals surface area contributed by atoms with Crippen LogP contribution in [0.1, 0.15) is 18.8 Å². The number of aromatic nitrogens is 6. The zero-order valence-corrected chi connectivity index (χ0v) is 12.1. The van der Waals surface area contributed by atoms with E-state index in [0.29, 0.717) is 13.1 Å². The second-order valence-corrected chi connectivity index (χ2v) is 5.40. The fourth-order valence-corrected chi connectivity index (χ4v) is 2.80. The Morgan fingerprint density at radius 3 is 3.00 bits per heavy atom. The van der Waals surface area contributed by atoms with Gasteiger partial charge >= 0.3 is 0 Å². The van der Waals surface area contributed by atoms with E-state index in [1.165, 1.54) is 0 Å². The van der Waals surface area contributed by atoms with Crippen LogP contribution in [-0.4, -0.2) is 47.1 Å². The lowest BCUT2D eigenvalue weighted by molar-refractivity contribution is -0.136. The highest BCUT2D eigenvalue weighted by Gasteiger charge is 2.27. The molecule has 4 rings (SSSR count). The van der Waals surface area contributed by atoms with E-state index in [1.807, 2.05) is 35.8 Å². The van der Waals surface area contributed by atoms with Gasteiger partial charge < -0.3 is 9.47 Å². The largest absolute Gasteiger partial charge is 0.332 e. The molecule has 112 valence electrons. The van der Waals surface area contributed by atoms with Crippen molar-refractivity contribution in [3.05, 3.63) is 36.4 Å². The predicted octanol–water partition coefficient (Wildman–Crippen LogP) is 0.626. The number of carbonyl (C=O) groups is 1. The molecule has 3 aromatic rings. The fraction of sp³-hybridized carbons (Fsp3) is 0.357. The Bertz CT molecular complexity index is 836. The number of nitrogens with zero attached hydrogens (tertiary/aromatic N) is 7. The number of fused-ring (bicyclic) bond motifs is 2. The van der Waals surface area contributed by atoms with Gasteiger partial charge in [0.15, 0.2) is 5.82 Å². The van der Waals surface area contributed by atoms with Crippen LogP contribution in [0.5, 0.6) is 0 Å². The molecule has 0 N–H and O–H groups in total. The van der Waals surface area contributed by atoms with Crippen LogP contribution in [0.4, 0.5) is 0 Å². The third-order valence-electron chi connectivity index (χ3n) is 4.05. The summed E-state index contributed by atoms with van der Waals surface area (Å²) in [7, 11) is 0. The van der Waals surface area contributed by atoms with Gasteiger partial charge in [0, 0.05) is 13.1 Å². The molecule has 0 radical (unpaired) electrons. The van der Waals surface area contributed by atoms with Crippen molar-refractivity contribution in [1.82, 2.24) is 34.7 Å². The summed E-state index contributed by atoms with van der Waals surface area (Å²) in [5, 5.41) is 16.2. The molecule has 0 fully saturated rings. The molecule has 8 heteroatoms.